The third-order valence-corrected chi connectivity index (χ3v) is 9.64. The maximum absolute atomic E-state index is 13.1. The van der Waals surface area contributed by atoms with Crippen molar-refractivity contribution in [2.24, 2.45) is 23.7 Å². The zero-order chi connectivity index (χ0) is 23.7. The normalized spacial score (nSPS) is 24.7. The molecule has 1 saturated carbocycles. The van der Waals surface area contributed by atoms with Gasteiger partial charge in [0, 0.05) is 5.56 Å². The van der Waals surface area contributed by atoms with E-state index in [4.69, 9.17) is 0 Å². The molecule has 2 amide bonds. The molecule has 0 N–H and O–H groups in total. The van der Waals surface area contributed by atoms with Crippen LogP contribution in [0.5, 0.6) is 0 Å². The van der Waals surface area contributed by atoms with E-state index in [9.17, 15) is 14.4 Å². The van der Waals surface area contributed by atoms with Crippen molar-refractivity contribution in [3.63, 3.8) is 0 Å². The highest BCUT2D eigenvalue weighted by atomic mass is 32.2. The van der Waals surface area contributed by atoms with Crippen molar-refractivity contribution in [1.29, 1.82) is 0 Å². The fraction of sp³-hybridized carbons (Fsp3) is 0.214. The fourth-order valence-electron chi connectivity index (χ4n) is 5.82. The van der Waals surface area contributed by atoms with Crippen LogP contribution in [-0.4, -0.2) is 28.3 Å². The maximum atomic E-state index is 13.1. The molecule has 0 radical (unpaired) electrons. The number of anilines is 1. The molecule has 35 heavy (non-hydrogen) atoms. The molecule has 1 aliphatic heterocycles. The largest absolute Gasteiger partial charge is 0.293 e. The summed E-state index contributed by atoms with van der Waals surface area (Å²) in [7, 11) is 0. The van der Waals surface area contributed by atoms with Crippen LogP contribution < -0.4 is 4.90 Å². The number of hydrogen-bond donors (Lipinski definition) is 0. The smallest absolute Gasteiger partial charge is 0.238 e. The number of thiazole rings is 1. The molecule has 1 saturated heterocycles. The van der Waals surface area contributed by atoms with Gasteiger partial charge in [0.2, 0.25) is 11.8 Å². The molecule has 3 aliphatic rings. The number of Topliss-reactive ketones (excluding diaryl/α,β-unsaturated/α-hetero) is 1. The van der Waals surface area contributed by atoms with Crippen LogP contribution in [0.3, 0.4) is 0 Å². The van der Waals surface area contributed by atoms with Crippen molar-refractivity contribution in [2.45, 2.75) is 10.8 Å². The number of ketones is 1. The zero-order valence-corrected chi connectivity index (χ0v) is 20.2. The number of thioether (sulfide) groups is 1. The molecule has 7 rings (SSSR count). The molecule has 172 valence electrons. The molecule has 4 atom stereocenters. The summed E-state index contributed by atoms with van der Waals surface area (Å²) >= 11 is 2.90. The highest BCUT2D eigenvalue weighted by Crippen LogP contribution is 2.53. The number of imide groups is 1. The average molecular weight is 497 g/mol. The van der Waals surface area contributed by atoms with Gasteiger partial charge in [-0.2, -0.15) is 0 Å². The van der Waals surface area contributed by atoms with Crippen LogP contribution >= 0.6 is 23.1 Å². The van der Waals surface area contributed by atoms with Crippen molar-refractivity contribution in [3.8, 4) is 0 Å². The third kappa shape index (κ3) is 3.29. The van der Waals surface area contributed by atoms with Crippen LogP contribution in [0.1, 0.15) is 16.8 Å². The van der Waals surface area contributed by atoms with Gasteiger partial charge in [-0.1, -0.05) is 60.3 Å². The highest BCUT2D eigenvalue weighted by molar-refractivity contribution is 8.01. The summed E-state index contributed by atoms with van der Waals surface area (Å²) < 4.78 is 1.70. The third-order valence-electron chi connectivity index (χ3n) is 7.48. The van der Waals surface area contributed by atoms with E-state index in [2.05, 4.69) is 17.1 Å². The average Bonchev–Trinajstić information content (AvgIpc) is 3.64. The van der Waals surface area contributed by atoms with Gasteiger partial charge >= 0.3 is 0 Å². The van der Waals surface area contributed by atoms with Gasteiger partial charge in [0.05, 0.1) is 33.5 Å². The van der Waals surface area contributed by atoms with E-state index in [0.29, 0.717) is 17.0 Å². The van der Waals surface area contributed by atoms with E-state index in [0.717, 1.165) is 31.7 Å². The van der Waals surface area contributed by atoms with Crippen LogP contribution in [0, 0.1) is 23.7 Å². The summed E-state index contributed by atoms with van der Waals surface area (Å²) in [4.78, 5) is 45.1. The molecule has 2 bridgehead atoms. The molecule has 0 unspecified atom stereocenters. The van der Waals surface area contributed by atoms with Gasteiger partial charge < -0.3 is 0 Å². The Morgan fingerprint density at radius 2 is 1.69 bits per heavy atom. The zero-order valence-electron chi connectivity index (χ0n) is 18.6. The minimum absolute atomic E-state index is 0.0590. The van der Waals surface area contributed by atoms with Crippen LogP contribution in [0.15, 0.2) is 77.2 Å². The lowest BCUT2D eigenvalue weighted by atomic mass is 9.85. The lowest BCUT2D eigenvalue weighted by Crippen LogP contribution is -2.32. The number of allylic oxidation sites excluding steroid dienone is 2. The van der Waals surface area contributed by atoms with Crippen molar-refractivity contribution >= 4 is 67.4 Å². The Labute approximate surface area is 209 Å². The lowest BCUT2D eigenvalue weighted by molar-refractivity contribution is -0.123. The second kappa shape index (κ2) is 7.86. The Balaban J connectivity index is 1.10. The Bertz CT molecular complexity index is 1560. The monoisotopic (exact) mass is 496 g/mol. The standard InChI is InChI=1S/C28H20N2O3S2/c31-22(17-6-5-15-3-1-2-4-16(15)11-17)14-34-28-29-21-10-9-20(13-23(21)35-28)30-26(32)24-18-7-8-19(12-18)25(24)27(30)33/h1-11,13,18-19,24-25H,12,14H2/t18-,19-,24+,25+/m0/s1. The topological polar surface area (TPSA) is 67.3 Å². The number of hydrogen-bond acceptors (Lipinski definition) is 6. The molecule has 1 aromatic heterocycles. The summed E-state index contributed by atoms with van der Waals surface area (Å²) in [6.45, 7) is 0. The van der Waals surface area contributed by atoms with Crippen molar-refractivity contribution < 1.29 is 14.4 Å². The summed E-state index contributed by atoms with van der Waals surface area (Å²) in [6.07, 6.45) is 5.14. The molecule has 2 fully saturated rings. The number of fused-ring (bicyclic) bond motifs is 7. The molecule has 4 aromatic rings. The van der Waals surface area contributed by atoms with E-state index in [1.54, 1.807) is 0 Å². The fourth-order valence-corrected chi connectivity index (χ4v) is 7.82. The van der Waals surface area contributed by atoms with Crippen LogP contribution in [0.4, 0.5) is 5.69 Å². The van der Waals surface area contributed by atoms with E-state index >= 15 is 0 Å². The minimum atomic E-state index is -0.207. The van der Waals surface area contributed by atoms with Gasteiger partial charge in [0.15, 0.2) is 10.1 Å². The van der Waals surface area contributed by atoms with Crippen LogP contribution in [0.2, 0.25) is 0 Å². The molecule has 5 nitrogen and oxygen atoms in total. The molecule has 7 heteroatoms. The van der Waals surface area contributed by atoms with Crippen LogP contribution in [0.25, 0.3) is 21.0 Å². The Morgan fingerprint density at radius 3 is 2.46 bits per heavy atom. The number of carbonyl (C=O) groups is 3. The number of amides is 2. The van der Waals surface area contributed by atoms with Crippen LogP contribution in [-0.2, 0) is 9.59 Å². The second-order valence-corrected chi connectivity index (χ2v) is 11.7. The molecule has 2 heterocycles. The number of carbonyl (C=O) groups excluding carboxylic acids is 3. The van der Waals surface area contributed by atoms with Gasteiger partial charge in [-0.25, -0.2) is 9.88 Å². The Hall–Kier alpha value is -3.29. The van der Waals surface area contributed by atoms with Gasteiger partial charge in [0.1, 0.15) is 0 Å². The lowest BCUT2D eigenvalue weighted by Gasteiger charge is -2.17. The summed E-state index contributed by atoms with van der Waals surface area (Å²) in [5.41, 5.74) is 2.12. The SMILES string of the molecule is O=C(CSc1nc2ccc(N3C(=O)[C@H]4[C@H](C3=O)[C@H]3C=C[C@H]4C3)cc2s1)c1ccc2ccccc2c1. The predicted molar refractivity (Wildman–Crippen MR) is 139 cm³/mol. The first-order valence-corrected chi connectivity index (χ1v) is 13.5. The van der Waals surface area contributed by atoms with Crippen molar-refractivity contribution in [1.82, 2.24) is 4.98 Å². The van der Waals surface area contributed by atoms with E-state index in [-0.39, 0.29) is 41.3 Å². The maximum Gasteiger partial charge on any atom is 0.238 e. The summed E-state index contributed by atoms with van der Waals surface area (Å²) in [6, 6.07) is 19.3. The molecular formula is C28H20N2O3S2. The van der Waals surface area contributed by atoms with Gasteiger partial charge in [0.25, 0.3) is 0 Å². The van der Waals surface area contributed by atoms with E-state index in [1.807, 2.05) is 60.7 Å². The number of rotatable bonds is 5. The summed E-state index contributed by atoms with van der Waals surface area (Å²) in [5.74, 6) is 0.191. The molecule has 2 aliphatic carbocycles. The predicted octanol–water partition coefficient (Wildman–Crippen LogP) is 5.74. The Morgan fingerprint density at radius 1 is 0.943 bits per heavy atom. The van der Waals surface area contributed by atoms with Gasteiger partial charge in [-0.3, -0.25) is 14.4 Å². The Kier molecular flexibility index (Phi) is 4.73. The van der Waals surface area contributed by atoms with Gasteiger partial charge in [-0.05, 0) is 53.3 Å². The quantitative estimate of drug-likeness (QED) is 0.153. The minimum Gasteiger partial charge on any atom is -0.293 e. The first-order valence-electron chi connectivity index (χ1n) is 11.7. The number of nitrogens with zero attached hydrogens (tertiary/aromatic N) is 2. The number of benzene rings is 3. The van der Waals surface area contributed by atoms with Crippen molar-refractivity contribution in [2.75, 3.05) is 10.7 Å². The van der Waals surface area contributed by atoms with Gasteiger partial charge in [-0.15, -0.1) is 11.3 Å². The second-order valence-electron chi connectivity index (χ2n) is 9.42. The van der Waals surface area contributed by atoms with E-state index in [1.165, 1.54) is 28.0 Å². The van der Waals surface area contributed by atoms with E-state index < -0.39 is 0 Å². The molecule has 3 aromatic carbocycles. The first-order chi connectivity index (χ1) is 17.1. The molecule has 0 spiro atoms. The summed E-state index contributed by atoms with van der Waals surface area (Å²) in [5, 5.41) is 2.16. The van der Waals surface area contributed by atoms with Crippen molar-refractivity contribution in [3.05, 3.63) is 78.4 Å². The first kappa shape index (κ1) is 21.0. The highest BCUT2D eigenvalue weighted by Gasteiger charge is 2.59. The number of aromatic nitrogens is 1. The molecular weight excluding hydrogens is 476 g/mol.